The Hall–Kier alpha value is -2.10. The molecule has 0 bridgehead atoms. The molecular formula is C23H17Cl2FINO4. The van der Waals surface area contributed by atoms with Gasteiger partial charge in [-0.2, -0.15) is 0 Å². The molecule has 32 heavy (non-hydrogen) atoms. The average Bonchev–Trinajstić information content (AvgIpc) is 2.93. The number of aromatic hydroxyl groups is 1. The molecule has 1 aliphatic carbocycles. The zero-order valence-electron chi connectivity index (χ0n) is 16.7. The Balaban J connectivity index is 1.94. The van der Waals surface area contributed by atoms with E-state index < -0.39 is 33.3 Å². The number of methoxy groups -OCH3 is 1. The van der Waals surface area contributed by atoms with Crippen LogP contribution in [0.5, 0.6) is 11.5 Å². The summed E-state index contributed by atoms with van der Waals surface area (Å²) in [6.45, 7) is 3.84. The number of nitrogens with zero attached hydrogens (tertiary/aromatic N) is 1. The van der Waals surface area contributed by atoms with E-state index in [1.807, 2.05) is 22.6 Å². The molecule has 1 heterocycles. The van der Waals surface area contributed by atoms with E-state index in [0.29, 0.717) is 14.7 Å². The molecular weight excluding hydrogens is 571 g/mol. The first-order valence-electron chi connectivity index (χ1n) is 9.51. The van der Waals surface area contributed by atoms with Gasteiger partial charge in [-0.15, -0.1) is 23.2 Å². The van der Waals surface area contributed by atoms with E-state index >= 15 is 0 Å². The molecule has 2 amide bonds. The number of benzene rings is 2. The number of ether oxygens (including phenoxy) is 1. The summed E-state index contributed by atoms with van der Waals surface area (Å²) < 4.78 is 19.2. The monoisotopic (exact) mass is 587 g/mol. The fraction of sp³-hybridized carbons (Fsp3) is 0.217. The van der Waals surface area contributed by atoms with Crippen molar-refractivity contribution in [1.29, 1.82) is 0 Å². The molecule has 166 valence electrons. The van der Waals surface area contributed by atoms with Crippen molar-refractivity contribution in [3.05, 3.63) is 75.7 Å². The Kier molecular flexibility index (Phi) is 5.80. The van der Waals surface area contributed by atoms with E-state index in [1.54, 1.807) is 24.3 Å². The fourth-order valence-corrected chi connectivity index (χ4v) is 5.79. The Bertz CT molecular complexity index is 1190. The van der Waals surface area contributed by atoms with Gasteiger partial charge >= 0.3 is 0 Å². The van der Waals surface area contributed by atoms with Crippen LogP contribution < -0.4 is 9.64 Å². The Morgan fingerprint density at radius 2 is 1.91 bits per heavy atom. The lowest BCUT2D eigenvalue weighted by Gasteiger charge is -2.42. The molecule has 1 N–H and O–H groups in total. The molecule has 1 saturated heterocycles. The minimum atomic E-state index is -1.90. The third kappa shape index (κ3) is 3.08. The van der Waals surface area contributed by atoms with Crippen LogP contribution in [0.4, 0.5) is 10.1 Å². The molecule has 1 aliphatic heterocycles. The molecule has 9 heteroatoms. The molecule has 2 aromatic carbocycles. The number of hydrogen-bond donors (Lipinski definition) is 1. The van der Waals surface area contributed by atoms with Crippen LogP contribution in [0.1, 0.15) is 17.9 Å². The normalized spacial score (nSPS) is 27.2. The van der Waals surface area contributed by atoms with Crippen molar-refractivity contribution in [2.24, 2.45) is 0 Å². The van der Waals surface area contributed by atoms with Crippen LogP contribution in [-0.4, -0.2) is 33.8 Å². The first-order chi connectivity index (χ1) is 15.1. The van der Waals surface area contributed by atoms with Crippen molar-refractivity contribution < 1.29 is 23.8 Å². The topological polar surface area (TPSA) is 66.8 Å². The number of halogens is 4. The summed E-state index contributed by atoms with van der Waals surface area (Å²) in [7, 11) is 1.41. The largest absolute Gasteiger partial charge is 0.504 e. The number of allylic oxidation sites excluding steroid dienone is 3. The van der Waals surface area contributed by atoms with Crippen molar-refractivity contribution in [2.45, 2.75) is 22.1 Å². The zero-order valence-corrected chi connectivity index (χ0v) is 20.4. The maximum atomic E-state index is 13.8. The lowest BCUT2D eigenvalue weighted by molar-refractivity contribution is -0.122. The number of imide groups is 1. The smallest absolute Gasteiger partial charge is 0.258 e. The summed E-state index contributed by atoms with van der Waals surface area (Å²) in [5.74, 6) is -2.64. The van der Waals surface area contributed by atoms with Gasteiger partial charge in [-0.1, -0.05) is 18.7 Å². The van der Waals surface area contributed by atoms with Crippen LogP contribution in [0.15, 0.2) is 60.7 Å². The predicted octanol–water partition coefficient (Wildman–Crippen LogP) is 5.27. The van der Waals surface area contributed by atoms with Gasteiger partial charge in [0.05, 0.1) is 16.4 Å². The molecule has 0 radical (unpaired) electrons. The van der Waals surface area contributed by atoms with Gasteiger partial charge in [-0.25, -0.2) is 9.29 Å². The number of fused-ring (bicyclic) bond motifs is 1. The summed E-state index contributed by atoms with van der Waals surface area (Å²) in [5.41, 5.74) is 1.31. The zero-order chi connectivity index (χ0) is 23.4. The fourth-order valence-electron chi connectivity index (χ4n) is 4.32. The van der Waals surface area contributed by atoms with Gasteiger partial charge in [0, 0.05) is 5.92 Å². The average molecular weight is 588 g/mol. The first-order valence-corrected chi connectivity index (χ1v) is 11.3. The molecule has 0 spiro atoms. The molecule has 2 aliphatic rings. The minimum absolute atomic E-state index is 0.00445. The van der Waals surface area contributed by atoms with Gasteiger partial charge in [0.2, 0.25) is 0 Å². The van der Waals surface area contributed by atoms with Crippen LogP contribution >= 0.6 is 45.8 Å². The Morgan fingerprint density at radius 1 is 1.25 bits per heavy atom. The molecule has 3 unspecified atom stereocenters. The van der Waals surface area contributed by atoms with Crippen molar-refractivity contribution in [2.75, 3.05) is 12.0 Å². The van der Waals surface area contributed by atoms with Gasteiger partial charge < -0.3 is 9.84 Å². The van der Waals surface area contributed by atoms with Gasteiger partial charge in [-0.05, 0) is 76.5 Å². The SMILES string of the molecule is C=CC1=CCC2(Cl)C(=O)N(c3ccc(F)cc3)C(=O)C2(Cl)C1c1cc(I)c(O)c(OC)c1. The maximum Gasteiger partial charge on any atom is 0.258 e. The van der Waals surface area contributed by atoms with Crippen molar-refractivity contribution >= 4 is 63.3 Å². The van der Waals surface area contributed by atoms with E-state index in [1.165, 1.54) is 19.2 Å². The van der Waals surface area contributed by atoms with Crippen molar-refractivity contribution in [1.82, 2.24) is 0 Å². The Morgan fingerprint density at radius 3 is 2.50 bits per heavy atom. The number of hydrogen-bond acceptors (Lipinski definition) is 4. The molecule has 0 saturated carbocycles. The molecule has 2 aromatic rings. The summed E-state index contributed by atoms with van der Waals surface area (Å²) >= 11 is 15.9. The first kappa shape index (κ1) is 23.1. The van der Waals surface area contributed by atoms with E-state index in [4.69, 9.17) is 27.9 Å². The quantitative estimate of drug-likeness (QED) is 0.301. The number of phenols is 1. The van der Waals surface area contributed by atoms with E-state index in [2.05, 4.69) is 6.58 Å². The minimum Gasteiger partial charge on any atom is -0.504 e. The number of anilines is 1. The highest BCUT2D eigenvalue weighted by atomic mass is 127. The van der Waals surface area contributed by atoms with Gasteiger partial charge in [0.15, 0.2) is 21.2 Å². The second-order valence-corrected chi connectivity index (χ2v) is 9.94. The van der Waals surface area contributed by atoms with Crippen LogP contribution in [0, 0.1) is 9.39 Å². The van der Waals surface area contributed by atoms with E-state index in [-0.39, 0.29) is 23.6 Å². The third-order valence-electron chi connectivity index (χ3n) is 5.91. The van der Waals surface area contributed by atoms with E-state index in [9.17, 15) is 19.1 Å². The number of alkyl halides is 2. The van der Waals surface area contributed by atoms with Crippen molar-refractivity contribution in [3.8, 4) is 11.5 Å². The Labute approximate surface area is 207 Å². The number of rotatable bonds is 4. The highest BCUT2D eigenvalue weighted by molar-refractivity contribution is 14.1. The standard InChI is InChI=1S/C23H17Cl2FINO4/c1-3-12-8-9-22(24)20(30)28(15-6-4-14(26)5-7-15)21(31)23(22,25)18(12)13-10-16(27)19(29)17(11-13)32-2/h3-8,10-11,18,29H,1,9H2,2H3. The van der Waals surface area contributed by atoms with Crippen LogP contribution in [0.3, 0.4) is 0 Å². The number of carbonyl (C=O) groups is 2. The molecule has 5 nitrogen and oxygen atoms in total. The summed E-state index contributed by atoms with van der Waals surface area (Å²) in [4.78, 5) is 24.4. The maximum absolute atomic E-state index is 13.8. The molecule has 1 fully saturated rings. The third-order valence-corrected chi connectivity index (χ3v) is 8.14. The van der Waals surface area contributed by atoms with Gasteiger partial charge in [-0.3, -0.25) is 9.59 Å². The second kappa shape index (κ2) is 8.04. The van der Waals surface area contributed by atoms with Gasteiger partial charge in [0.25, 0.3) is 11.8 Å². The highest BCUT2D eigenvalue weighted by Crippen LogP contribution is 2.60. The molecule has 3 atom stereocenters. The van der Waals surface area contributed by atoms with Gasteiger partial charge in [0.1, 0.15) is 5.82 Å². The molecule has 4 rings (SSSR count). The second-order valence-electron chi connectivity index (χ2n) is 7.53. The van der Waals surface area contributed by atoms with E-state index in [0.717, 1.165) is 17.0 Å². The lowest BCUT2D eigenvalue weighted by atomic mass is 9.68. The van der Waals surface area contributed by atoms with Crippen LogP contribution in [0.25, 0.3) is 0 Å². The highest BCUT2D eigenvalue weighted by Gasteiger charge is 2.73. The van der Waals surface area contributed by atoms with Crippen LogP contribution in [-0.2, 0) is 9.59 Å². The summed E-state index contributed by atoms with van der Waals surface area (Å²) in [5, 5.41) is 10.3. The predicted molar refractivity (Wildman–Crippen MR) is 129 cm³/mol. The van der Waals surface area contributed by atoms with Crippen molar-refractivity contribution in [3.63, 3.8) is 0 Å². The van der Waals surface area contributed by atoms with Crippen LogP contribution in [0.2, 0.25) is 0 Å². The summed E-state index contributed by atoms with van der Waals surface area (Å²) in [6.07, 6.45) is 3.30. The number of amides is 2. The number of phenolic OH excluding ortho intramolecular Hbond substituents is 1. The molecule has 0 aromatic heterocycles. The number of carbonyl (C=O) groups excluding carboxylic acids is 2. The lowest BCUT2D eigenvalue weighted by Crippen LogP contribution is -2.54. The summed E-state index contributed by atoms with van der Waals surface area (Å²) in [6, 6.07) is 8.17.